The average molecular weight is 237 g/mol. The van der Waals surface area contributed by atoms with Gasteiger partial charge in [-0.15, -0.1) is 0 Å². The van der Waals surface area contributed by atoms with Crippen LogP contribution < -0.4 is 5.48 Å². The topological polar surface area (TPSA) is 47.6 Å². The molecule has 0 spiro atoms. The van der Waals surface area contributed by atoms with Crippen LogP contribution in [0.1, 0.15) is 25.8 Å². The molecule has 1 atom stereocenters. The van der Waals surface area contributed by atoms with Crippen molar-refractivity contribution in [2.45, 2.75) is 32.5 Å². The highest BCUT2D eigenvalue weighted by atomic mass is 16.6. The third-order valence-corrected chi connectivity index (χ3v) is 2.75. The van der Waals surface area contributed by atoms with Crippen molar-refractivity contribution in [1.29, 1.82) is 0 Å². The first-order valence-electron chi connectivity index (χ1n) is 5.63. The van der Waals surface area contributed by atoms with Crippen molar-refractivity contribution >= 4 is 5.91 Å². The number of carbonyl (C=O) groups is 1. The van der Waals surface area contributed by atoms with Gasteiger partial charge < -0.3 is 4.74 Å². The molecule has 1 rings (SSSR count). The number of hydroxylamine groups is 1. The summed E-state index contributed by atoms with van der Waals surface area (Å²) in [7, 11) is 1.41. The molecular weight excluding hydrogens is 218 g/mol. The SMILES string of the molecule is CCC(C)(OCc1ccccc1)C(=O)NOC. The highest BCUT2D eigenvalue weighted by molar-refractivity contribution is 5.83. The zero-order valence-electron chi connectivity index (χ0n) is 10.5. The van der Waals surface area contributed by atoms with Crippen molar-refractivity contribution in [3.05, 3.63) is 35.9 Å². The van der Waals surface area contributed by atoms with Crippen LogP contribution in [0.4, 0.5) is 0 Å². The van der Waals surface area contributed by atoms with Crippen LogP contribution in [-0.4, -0.2) is 18.6 Å². The molecule has 17 heavy (non-hydrogen) atoms. The van der Waals surface area contributed by atoms with E-state index in [1.54, 1.807) is 6.92 Å². The Balaban J connectivity index is 2.60. The molecule has 1 aromatic carbocycles. The van der Waals surface area contributed by atoms with Gasteiger partial charge in [-0.05, 0) is 18.9 Å². The molecule has 1 aromatic rings. The Bertz CT molecular complexity index is 353. The minimum atomic E-state index is -0.869. The average Bonchev–Trinajstić information content (AvgIpc) is 2.37. The van der Waals surface area contributed by atoms with Crippen LogP contribution in [0, 0.1) is 0 Å². The zero-order chi connectivity index (χ0) is 12.7. The predicted molar refractivity (Wildman–Crippen MR) is 65.1 cm³/mol. The monoisotopic (exact) mass is 237 g/mol. The van der Waals surface area contributed by atoms with Crippen molar-refractivity contribution < 1.29 is 14.4 Å². The molecule has 0 aliphatic carbocycles. The number of nitrogens with one attached hydrogen (secondary N) is 1. The molecule has 0 heterocycles. The molecule has 1 N–H and O–H groups in total. The molecule has 4 nitrogen and oxygen atoms in total. The number of hydrogen-bond acceptors (Lipinski definition) is 3. The summed E-state index contributed by atoms with van der Waals surface area (Å²) in [5, 5.41) is 0. The molecule has 1 amide bonds. The molecule has 4 heteroatoms. The predicted octanol–water partition coefficient (Wildman–Crippen LogP) is 2.05. The van der Waals surface area contributed by atoms with Crippen molar-refractivity contribution in [1.82, 2.24) is 5.48 Å². The van der Waals surface area contributed by atoms with E-state index in [1.165, 1.54) is 7.11 Å². The Hall–Kier alpha value is -1.39. The van der Waals surface area contributed by atoms with Gasteiger partial charge in [0.2, 0.25) is 0 Å². The van der Waals surface area contributed by atoms with Crippen LogP contribution in [0.25, 0.3) is 0 Å². The maximum Gasteiger partial charge on any atom is 0.275 e. The van der Waals surface area contributed by atoms with E-state index in [0.29, 0.717) is 13.0 Å². The third-order valence-electron chi connectivity index (χ3n) is 2.75. The van der Waals surface area contributed by atoms with E-state index in [9.17, 15) is 4.79 Å². The fourth-order valence-electron chi connectivity index (χ4n) is 1.35. The molecule has 0 aromatic heterocycles. The van der Waals surface area contributed by atoms with Crippen LogP contribution in [0.3, 0.4) is 0 Å². The fourth-order valence-corrected chi connectivity index (χ4v) is 1.35. The summed E-state index contributed by atoms with van der Waals surface area (Å²) in [5.74, 6) is -0.265. The minimum absolute atomic E-state index is 0.265. The lowest BCUT2D eigenvalue weighted by Gasteiger charge is -2.26. The standard InChI is InChI=1S/C13H19NO3/c1-4-13(2,12(15)14-16-3)17-10-11-8-6-5-7-9-11/h5-9H,4,10H2,1-3H3,(H,14,15). The summed E-state index contributed by atoms with van der Waals surface area (Å²) >= 11 is 0. The normalized spacial score (nSPS) is 14.1. The van der Waals surface area contributed by atoms with E-state index in [4.69, 9.17) is 4.74 Å². The van der Waals surface area contributed by atoms with Gasteiger partial charge in [0.1, 0.15) is 5.60 Å². The number of rotatable bonds is 6. The summed E-state index contributed by atoms with van der Waals surface area (Å²) in [5.41, 5.74) is 2.48. The van der Waals surface area contributed by atoms with E-state index in [0.717, 1.165) is 5.56 Å². The van der Waals surface area contributed by atoms with E-state index in [-0.39, 0.29) is 5.91 Å². The summed E-state index contributed by atoms with van der Waals surface area (Å²) in [4.78, 5) is 16.4. The largest absolute Gasteiger partial charge is 0.361 e. The summed E-state index contributed by atoms with van der Waals surface area (Å²) in [6, 6.07) is 9.75. The van der Waals surface area contributed by atoms with Gasteiger partial charge in [-0.3, -0.25) is 9.63 Å². The van der Waals surface area contributed by atoms with Gasteiger partial charge in [0.25, 0.3) is 5.91 Å². The molecule has 0 fully saturated rings. The maximum atomic E-state index is 11.8. The molecule has 1 unspecified atom stereocenters. The maximum absolute atomic E-state index is 11.8. The highest BCUT2D eigenvalue weighted by Gasteiger charge is 2.32. The first-order valence-corrected chi connectivity index (χ1v) is 5.63. The summed E-state index contributed by atoms with van der Waals surface area (Å²) in [6.45, 7) is 4.06. The summed E-state index contributed by atoms with van der Waals surface area (Å²) < 4.78 is 5.69. The fraction of sp³-hybridized carbons (Fsp3) is 0.462. The lowest BCUT2D eigenvalue weighted by Crippen LogP contribution is -2.45. The molecule has 0 radical (unpaired) electrons. The van der Waals surface area contributed by atoms with Crippen LogP contribution in [0.15, 0.2) is 30.3 Å². The van der Waals surface area contributed by atoms with Crippen LogP contribution in [0.2, 0.25) is 0 Å². The quantitative estimate of drug-likeness (QED) is 0.770. The second-order valence-corrected chi connectivity index (χ2v) is 3.99. The van der Waals surface area contributed by atoms with Crippen molar-refractivity contribution in [2.75, 3.05) is 7.11 Å². The Kier molecular flexibility index (Phi) is 5.12. The van der Waals surface area contributed by atoms with Gasteiger partial charge in [-0.2, -0.15) is 0 Å². The van der Waals surface area contributed by atoms with Gasteiger partial charge in [-0.1, -0.05) is 37.3 Å². The first-order chi connectivity index (χ1) is 8.12. The van der Waals surface area contributed by atoms with E-state index in [1.807, 2.05) is 37.3 Å². The summed E-state index contributed by atoms with van der Waals surface area (Å²) in [6.07, 6.45) is 0.578. The Morgan fingerprint density at radius 3 is 2.53 bits per heavy atom. The van der Waals surface area contributed by atoms with Gasteiger partial charge in [-0.25, -0.2) is 5.48 Å². The van der Waals surface area contributed by atoms with Crippen molar-refractivity contribution in [3.8, 4) is 0 Å². The molecule has 0 saturated heterocycles. The Morgan fingerprint density at radius 1 is 1.35 bits per heavy atom. The molecular formula is C13H19NO3. The Labute approximate surface area is 102 Å². The van der Waals surface area contributed by atoms with Gasteiger partial charge in [0.15, 0.2) is 0 Å². The minimum Gasteiger partial charge on any atom is -0.361 e. The number of hydrogen-bond donors (Lipinski definition) is 1. The van der Waals surface area contributed by atoms with Crippen LogP contribution >= 0.6 is 0 Å². The van der Waals surface area contributed by atoms with Gasteiger partial charge >= 0.3 is 0 Å². The first kappa shape index (κ1) is 13.7. The second kappa shape index (κ2) is 6.37. The van der Waals surface area contributed by atoms with E-state index < -0.39 is 5.60 Å². The number of ether oxygens (including phenoxy) is 1. The number of benzene rings is 1. The molecule has 0 aliphatic heterocycles. The van der Waals surface area contributed by atoms with Gasteiger partial charge in [0, 0.05) is 0 Å². The molecule has 0 bridgehead atoms. The highest BCUT2D eigenvalue weighted by Crippen LogP contribution is 2.18. The third kappa shape index (κ3) is 3.84. The Morgan fingerprint density at radius 2 is 2.00 bits per heavy atom. The van der Waals surface area contributed by atoms with E-state index >= 15 is 0 Å². The molecule has 0 saturated carbocycles. The van der Waals surface area contributed by atoms with Crippen molar-refractivity contribution in [2.24, 2.45) is 0 Å². The molecule has 0 aliphatic rings. The second-order valence-electron chi connectivity index (χ2n) is 3.99. The number of amides is 1. The van der Waals surface area contributed by atoms with E-state index in [2.05, 4.69) is 10.3 Å². The smallest absolute Gasteiger partial charge is 0.275 e. The lowest BCUT2D eigenvalue weighted by atomic mass is 10.0. The van der Waals surface area contributed by atoms with Gasteiger partial charge in [0.05, 0.1) is 13.7 Å². The lowest BCUT2D eigenvalue weighted by molar-refractivity contribution is -0.158. The van der Waals surface area contributed by atoms with Crippen LogP contribution in [0.5, 0.6) is 0 Å². The van der Waals surface area contributed by atoms with Crippen molar-refractivity contribution in [3.63, 3.8) is 0 Å². The molecule has 94 valence electrons. The zero-order valence-corrected chi connectivity index (χ0v) is 10.5. The number of carbonyl (C=O) groups excluding carboxylic acids is 1. The van der Waals surface area contributed by atoms with Crippen LogP contribution in [-0.2, 0) is 21.0 Å².